The van der Waals surface area contributed by atoms with E-state index in [9.17, 15) is 4.79 Å². The molecule has 0 spiro atoms. The third-order valence-corrected chi connectivity index (χ3v) is 5.10. The zero-order valence-electron chi connectivity index (χ0n) is 14.9. The first-order chi connectivity index (χ1) is 12.3. The van der Waals surface area contributed by atoms with Crippen LogP contribution in [0, 0.1) is 0 Å². The molecule has 0 saturated carbocycles. The molecule has 2 aliphatic rings. The Morgan fingerprint density at radius 1 is 1.15 bits per heavy atom. The second kappa shape index (κ2) is 8.56. The summed E-state index contributed by atoms with van der Waals surface area (Å²) in [5.41, 5.74) is 4.58. The quantitative estimate of drug-likeness (QED) is 0.770. The molecular formula is C19H26ClN5O. The van der Waals surface area contributed by atoms with Crippen molar-refractivity contribution in [3.63, 3.8) is 0 Å². The molecule has 6 nitrogen and oxygen atoms in total. The van der Waals surface area contributed by atoms with Gasteiger partial charge in [-0.2, -0.15) is 5.10 Å². The van der Waals surface area contributed by atoms with E-state index >= 15 is 0 Å². The molecule has 3 N–H and O–H groups in total. The highest BCUT2D eigenvalue weighted by Crippen LogP contribution is 2.24. The standard InChI is InChI=1S/C19H25N5O.ClH/c25-19(18-16-13-20-9-8-17(16)22-23-18)21-14-6-5-7-15(12-14)24-10-3-1-2-4-11-24;/h5-7,12,20H,1-4,8-11,13H2,(H,21,25)(H,22,23);1H. The SMILES string of the molecule is Cl.O=C(Nc1cccc(N2CCCCCC2)c1)c1n[nH]c2c1CNCC2. The van der Waals surface area contributed by atoms with Gasteiger partial charge in [0.2, 0.25) is 0 Å². The Morgan fingerprint density at radius 2 is 1.96 bits per heavy atom. The fourth-order valence-electron chi connectivity index (χ4n) is 3.71. The van der Waals surface area contributed by atoms with Crippen LogP contribution in [-0.4, -0.2) is 35.7 Å². The number of amides is 1. The van der Waals surface area contributed by atoms with Gasteiger partial charge in [0.05, 0.1) is 0 Å². The van der Waals surface area contributed by atoms with Gasteiger partial charge in [-0.05, 0) is 31.0 Å². The van der Waals surface area contributed by atoms with Gasteiger partial charge < -0.3 is 15.5 Å². The Kier molecular flexibility index (Phi) is 6.16. The number of aromatic amines is 1. The first-order valence-electron chi connectivity index (χ1n) is 9.24. The van der Waals surface area contributed by atoms with Crippen molar-refractivity contribution in [2.45, 2.75) is 38.6 Å². The number of aromatic nitrogens is 2. The lowest BCUT2D eigenvalue weighted by Crippen LogP contribution is -2.25. The molecule has 1 aromatic heterocycles. The number of rotatable bonds is 3. The number of hydrogen-bond acceptors (Lipinski definition) is 4. The monoisotopic (exact) mass is 375 g/mol. The number of halogens is 1. The molecule has 0 atom stereocenters. The lowest BCUT2D eigenvalue weighted by atomic mass is 10.1. The van der Waals surface area contributed by atoms with Crippen molar-refractivity contribution >= 4 is 29.7 Å². The maximum absolute atomic E-state index is 12.7. The van der Waals surface area contributed by atoms with Crippen molar-refractivity contribution in [3.05, 3.63) is 41.2 Å². The van der Waals surface area contributed by atoms with Crippen molar-refractivity contribution in [1.29, 1.82) is 0 Å². The molecule has 0 bridgehead atoms. The van der Waals surface area contributed by atoms with E-state index in [0.29, 0.717) is 12.2 Å². The van der Waals surface area contributed by atoms with Gasteiger partial charge in [0.25, 0.3) is 5.91 Å². The minimum Gasteiger partial charge on any atom is -0.371 e. The fourth-order valence-corrected chi connectivity index (χ4v) is 3.71. The van der Waals surface area contributed by atoms with Gasteiger partial charge in [0.1, 0.15) is 0 Å². The average molecular weight is 376 g/mol. The van der Waals surface area contributed by atoms with Crippen molar-refractivity contribution in [2.75, 3.05) is 29.9 Å². The minimum atomic E-state index is -0.144. The normalized spacial score (nSPS) is 17.0. The van der Waals surface area contributed by atoms with Gasteiger partial charge in [-0.25, -0.2) is 0 Å². The number of fused-ring (bicyclic) bond motifs is 1. The Morgan fingerprint density at radius 3 is 2.77 bits per heavy atom. The number of benzene rings is 1. The topological polar surface area (TPSA) is 73.0 Å². The van der Waals surface area contributed by atoms with Gasteiger partial charge >= 0.3 is 0 Å². The van der Waals surface area contributed by atoms with E-state index in [1.165, 1.54) is 31.4 Å². The number of carbonyl (C=O) groups is 1. The zero-order valence-corrected chi connectivity index (χ0v) is 15.7. The van der Waals surface area contributed by atoms with Gasteiger partial charge in [0.15, 0.2) is 5.69 Å². The van der Waals surface area contributed by atoms with Crippen LogP contribution in [0.15, 0.2) is 24.3 Å². The lowest BCUT2D eigenvalue weighted by molar-refractivity contribution is 0.102. The van der Waals surface area contributed by atoms with E-state index in [0.717, 1.165) is 43.0 Å². The summed E-state index contributed by atoms with van der Waals surface area (Å²) < 4.78 is 0. The summed E-state index contributed by atoms with van der Waals surface area (Å²) in [6.07, 6.45) is 5.99. The first-order valence-corrected chi connectivity index (χ1v) is 9.24. The minimum absolute atomic E-state index is 0. The second-order valence-electron chi connectivity index (χ2n) is 6.86. The largest absolute Gasteiger partial charge is 0.371 e. The van der Waals surface area contributed by atoms with E-state index < -0.39 is 0 Å². The summed E-state index contributed by atoms with van der Waals surface area (Å²) in [5, 5.41) is 13.5. The van der Waals surface area contributed by atoms with Crippen LogP contribution < -0.4 is 15.5 Å². The van der Waals surface area contributed by atoms with Gasteiger partial charge in [-0.3, -0.25) is 9.89 Å². The molecule has 140 valence electrons. The zero-order chi connectivity index (χ0) is 17.1. The Labute approximate surface area is 160 Å². The average Bonchev–Trinajstić information content (AvgIpc) is 2.88. The summed E-state index contributed by atoms with van der Waals surface area (Å²) in [7, 11) is 0. The molecule has 26 heavy (non-hydrogen) atoms. The van der Waals surface area contributed by atoms with Crippen molar-refractivity contribution < 1.29 is 4.79 Å². The van der Waals surface area contributed by atoms with E-state index in [1.807, 2.05) is 12.1 Å². The smallest absolute Gasteiger partial charge is 0.276 e. The number of carbonyl (C=O) groups excluding carboxylic acids is 1. The maximum atomic E-state index is 12.7. The van der Waals surface area contributed by atoms with Crippen LogP contribution in [0.1, 0.15) is 47.4 Å². The molecule has 1 fully saturated rings. The van der Waals surface area contributed by atoms with Gasteiger partial charge in [-0.1, -0.05) is 18.9 Å². The molecule has 0 aliphatic carbocycles. The van der Waals surface area contributed by atoms with E-state index in [1.54, 1.807) is 0 Å². The van der Waals surface area contributed by atoms with E-state index in [-0.39, 0.29) is 18.3 Å². The summed E-state index contributed by atoms with van der Waals surface area (Å²) in [6, 6.07) is 8.15. The summed E-state index contributed by atoms with van der Waals surface area (Å²) in [4.78, 5) is 15.1. The Hall–Kier alpha value is -2.05. The molecule has 1 saturated heterocycles. The molecule has 4 rings (SSSR count). The summed E-state index contributed by atoms with van der Waals surface area (Å²) in [6.45, 7) is 3.81. The van der Waals surface area contributed by atoms with Crippen molar-refractivity contribution in [3.8, 4) is 0 Å². The molecular weight excluding hydrogens is 350 g/mol. The van der Waals surface area contributed by atoms with Crippen LogP contribution in [0.2, 0.25) is 0 Å². The molecule has 0 unspecified atom stereocenters. The Balaban J connectivity index is 0.00000196. The highest BCUT2D eigenvalue weighted by atomic mass is 35.5. The maximum Gasteiger partial charge on any atom is 0.276 e. The fraction of sp³-hybridized carbons (Fsp3) is 0.474. The molecule has 2 aromatic rings. The second-order valence-corrected chi connectivity index (χ2v) is 6.86. The molecule has 3 heterocycles. The molecule has 2 aliphatic heterocycles. The van der Waals surface area contributed by atoms with Crippen molar-refractivity contribution in [2.24, 2.45) is 0 Å². The number of nitrogens with zero attached hydrogens (tertiary/aromatic N) is 2. The summed E-state index contributed by atoms with van der Waals surface area (Å²) >= 11 is 0. The van der Waals surface area contributed by atoms with Crippen LogP contribution in [0.3, 0.4) is 0 Å². The molecule has 0 radical (unpaired) electrons. The Bertz CT molecular complexity index is 752. The lowest BCUT2D eigenvalue weighted by Gasteiger charge is -2.23. The molecule has 7 heteroatoms. The third kappa shape index (κ3) is 4.02. The summed E-state index contributed by atoms with van der Waals surface area (Å²) in [5.74, 6) is -0.144. The number of H-pyrrole nitrogens is 1. The first kappa shape index (κ1) is 18.7. The third-order valence-electron chi connectivity index (χ3n) is 5.10. The predicted octanol–water partition coefficient (Wildman–Crippen LogP) is 3.11. The number of nitrogens with one attached hydrogen (secondary N) is 3. The highest BCUT2D eigenvalue weighted by Gasteiger charge is 2.21. The van der Waals surface area contributed by atoms with Crippen LogP contribution in [-0.2, 0) is 13.0 Å². The van der Waals surface area contributed by atoms with E-state index in [2.05, 4.69) is 37.9 Å². The number of anilines is 2. The number of hydrogen-bond donors (Lipinski definition) is 3. The molecule has 1 amide bonds. The van der Waals surface area contributed by atoms with Crippen LogP contribution >= 0.6 is 12.4 Å². The highest BCUT2D eigenvalue weighted by molar-refractivity contribution is 6.04. The van der Waals surface area contributed by atoms with Gasteiger partial charge in [-0.15, -0.1) is 12.4 Å². The van der Waals surface area contributed by atoms with Crippen LogP contribution in [0.4, 0.5) is 11.4 Å². The van der Waals surface area contributed by atoms with E-state index in [4.69, 9.17) is 0 Å². The van der Waals surface area contributed by atoms with Crippen LogP contribution in [0.25, 0.3) is 0 Å². The molecule has 1 aromatic carbocycles. The van der Waals surface area contributed by atoms with Crippen LogP contribution in [0.5, 0.6) is 0 Å². The van der Waals surface area contributed by atoms with Crippen molar-refractivity contribution in [1.82, 2.24) is 15.5 Å². The van der Waals surface area contributed by atoms with Gasteiger partial charge in [0, 0.05) is 55.2 Å². The predicted molar refractivity (Wildman–Crippen MR) is 106 cm³/mol.